The Balaban J connectivity index is 1.68. The Morgan fingerprint density at radius 2 is 2.11 bits per heavy atom. The van der Waals surface area contributed by atoms with E-state index in [2.05, 4.69) is 32.2 Å². The van der Waals surface area contributed by atoms with Crippen LogP contribution in [-0.2, 0) is 4.79 Å². The minimum Gasteiger partial charge on any atom is -0.341 e. The highest BCUT2D eigenvalue weighted by Gasteiger charge is 2.39. The van der Waals surface area contributed by atoms with E-state index < -0.39 is 0 Å². The van der Waals surface area contributed by atoms with Crippen LogP contribution in [0.2, 0.25) is 0 Å². The second-order valence-electron chi connectivity index (χ2n) is 5.29. The number of amides is 1. The van der Waals surface area contributed by atoms with Crippen molar-refractivity contribution in [3.05, 3.63) is 20.8 Å². The first-order chi connectivity index (χ1) is 8.65. The zero-order valence-corrected chi connectivity index (χ0v) is 12.8. The highest BCUT2D eigenvalue weighted by atomic mass is 79.9. The van der Waals surface area contributed by atoms with Gasteiger partial charge < -0.3 is 10.2 Å². The summed E-state index contributed by atoms with van der Waals surface area (Å²) in [7, 11) is 0. The Morgan fingerprint density at radius 3 is 2.67 bits per heavy atom. The number of hydrogen-bond donors (Lipinski definition) is 1. The number of hydrogen-bond acceptors (Lipinski definition) is 3. The Hall–Kier alpha value is -0.390. The van der Waals surface area contributed by atoms with Crippen LogP contribution in [0.3, 0.4) is 0 Å². The van der Waals surface area contributed by atoms with Gasteiger partial charge in [0.1, 0.15) is 0 Å². The fourth-order valence-electron chi connectivity index (χ4n) is 2.99. The molecule has 2 aliphatic rings. The summed E-state index contributed by atoms with van der Waals surface area (Å²) in [6, 6.07) is 4.07. The fourth-order valence-corrected chi connectivity index (χ4v) is 4.46. The Kier molecular flexibility index (Phi) is 3.47. The van der Waals surface area contributed by atoms with Gasteiger partial charge in [0.25, 0.3) is 0 Å². The van der Waals surface area contributed by atoms with E-state index in [1.165, 1.54) is 0 Å². The van der Waals surface area contributed by atoms with Crippen molar-refractivity contribution in [2.45, 2.75) is 12.8 Å². The molecule has 1 amide bonds. The smallest absolute Gasteiger partial charge is 0.230 e. The first-order valence-corrected chi connectivity index (χ1v) is 8.01. The molecule has 0 aliphatic carbocycles. The normalized spacial score (nSPS) is 28.4. The number of likely N-dealkylation sites (tertiary alicyclic amines) is 1. The van der Waals surface area contributed by atoms with E-state index in [1.807, 2.05) is 13.0 Å². The Labute approximate surface area is 120 Å². The van der Waals surface area contributed by atoms with Gasteiger partial charge in [0.05, 0.1) is 9.70 Å². The van der Waals surface area contributed by atoms with Gasteiger partial charge in [-0.25, -0.2) is 0 Å². The zero-order valence-electron chi connectivity index (χ0n) is 10.4. The van der Waals surface area contributed by atoms with Crippen LogP contribution in [0, 0.1) is 11.8 Å². The monoisotopic (exact) mass is 328 g/mol. The molecule has 2 fully saturated rings. The summed E-state index contributed by atoms with van der Waals surface area (Å²) in [5.74, 6) is 1.64. The first kappa shape index (κ1) is 12.6. The lowest BCUT2D eigenvalue weighted by Gasteiger charge is -2.21. The molecule has 3 atom stereocenters. The van der Waals surface area contributed by atoms with Crippen molar-refractivity contribution in [1.82, 2.24) is 10.2 Å². The van der Waals surface area contributed by atoms with Gasteiger partial charge in [-0.3, -0.25) is 4.79 Å². The standard InChI is InChI=1S/C13H17BrN2OS/c1-8(11-2-3-12(14)18-11)13(17)16-6-9-4-15-5-10(9)7-16/h2-3,8-10,15H,4-7H2,1H3/t8?,9-,10+. The summed E-state index contributed by atoms with van der Waals surface area (Å²) in [6.07, 6.45) is 0. The molecule has 0 bridgehead atoms. The van der Waals surface area contributed by atoms with Crippen molar-refractivity contribution in [2.24, 2.45) is 11.8 Å². The van der Waals surface area contributed by atoms with E-state index in [9.17, 15) is 4.79 Å². The number of fused-ring (bicyclic) bond motifs is 1. The van der Waals surface area contributed by atoms with Crippen molar-refractivity contribution in [3.63, 3.8) is 0 Å². The maximum atomic E-state index is 12.5. The molecule has 1 N–H and O–H groups in total. The molecule has 2 saturated heterocycles. The van der Waals surface area contributed by atoms with Gasteiger partial charge in [-0.15, -0.1) is 11.3 Å². The average molecular weight is 329 g/mol. The summed E-state index contributed by atoms with van der Waals surface area (Å²) in [5, 5.41) is 3.41. The maximum absolute atomic E-state index is 12.5. The van der Waals surface area contributed by atoms with Crippen LogP contribution in [0.25, 0.3) is 0 Å². The molecule has 98 valence electrons. The first-order valence-electron chi connectivity index (χ1n) is 6.40. The summed E-state index contributed by atoms with van der Waals surface area (Å²) in [4.78, 5) is 15.7. The minimum absolute atomic E-state index is 0.00640. The molecule has 0 saturated carbocycles. The quantitative estimate of drug-likeness (QED) is 0.903. The molecule has 3 nitrogen and oxygen atoms in total. The molecule has 3 rings (SSSR count). The molecule has 0 radical (unpaired) electrons. The molecule has 5 heteroatoms. The van der Waals surface area contributed by atoms with Gasteiger partial charge in [-0.05, 0) is 46.8 Å². The van der Waals surface area contributed by atoms with Crippen LogP contribution in [0.15, 0.2) is 15.9 Å². The number of halogens is 1. The summed E-state index contributed by atoms with van der Waals surface area (Å²) < 4.78 is 1.10. The van der Waals surface area contributed by atoms with Crippen molar-refractivity contribution < 1.29 is 4.79 Å². The van der Waals surface area contributed by atoms with Crippen LogP contribution in [0.5, 0.6) is 0 Å². The van der Waals surface area contributed by atoms with E-state index in [1.54, 1.807) is 11.3 Å². The zero-order chi connectivity index (χ0) is 12.7. The number of nitrogens with one attached hydrogen (secondary N) is 1. The number of carbonyl (C=O) groups excluding carboxylic acids is 1. The van der Waals surface area contributed by atoms with Crippen molar-refractivity contribution in [1.29, 1.82) is 0 Å². The SMILES string of the molecule is CC(C(=O)N1C[C@H]2CNC[C@H]2C1)c1ccc(Br)s1. The second-order valence-corrected chi connectivity index (χ2v) is 7.78. The van der Waals surface area contributed by atoms with Gasteiger partial charge in [0, 0.05) is 31.1 Å². The molecule has 2 aliphatic heterocycles. The van der Waals surface area contributed by atoms with Crippen molar-refractivity contribution >= 4 is 33.2 Å². The van der Waals surface area contributed by atoms with Crippen LogP contribution in [0.4, 0.5) is 0 Å². The highest BCUT2D eigenvalue weighted by Crippen LogP contribution is 2.32. The van der Waals surface area contributed by atoms with Crippen LogP contribution >= 0.6 is 27.3 Å². The molecule has 1 aromatic heterocycles. The van der Waals surface area contributed by atoms with Gasteiger partial charge in [0.2, 0.25) is 5.91 Å². The molecule has 0 aromatic carbocycles. The summed E-state index contributed by atoms with van der Waals surface area (Å²) in [6.45, 7) is 6.05. The third-order valence-corrected chi connectivity index (χ3v) is 5.90. The number of rotatable bonds is 2. The average Bonchev–Trinajstić information content (AvgIpc) is 3.00. The topological polar surface area (TPSA) is 32.3 Å². The number of nitrogens with zero attached hydrogens (tertiary/aromatic N) is 1. The molecule has 1 unspecified atom stereocenters. The molecule has 3 heterocycles. The largest absolute Gasteiger partial charge is 0.341 e. The number of carbonyl (C=O) groups is 1. The van der Waals surface area contributed by atoms with Gasteiger partial charge in [0.15, 0.2) is 0 Å². The lowest BCUT2D eigenvalue weighted by atomic mass is 10.0. The van der Waals surface area contributed by atoms with Gasteiger partial charge in [-0.2, -0.15) is 0 Å². The fraction of sp³-hybridized carbons (Fsp3) is 0.615. The predicted molar refractivity (Wildman–Crippen MR) is 76.9 cm³/mol. The van der Waals surface area contributed by atoms with Crippen LogP contribution < -0.4 is 5.32 Å². The number of thiophene rings is 1. The molecule has 1 aromatic rings. The third-order valence-electron chi connectivity index (χ3n) is 4.09. The van der Waals surface area contributed by atoms with E-state index in [0.717, 1.165) is 34.8 Å². The van der Waals surface area contributed by atoms with E-state index >= 15 is 0 Å². The van der Waals surface area contributed by atoms with Crippen LogP contribution in [0.1, 0.15) is 17.7 Å². The molecule has 0 spiro atoms. The molecular formula is C13H17BrN2OS. The van der Waals surface area contributed by atoms with Gasteiger partial charge in [-0.1, -0.05) is 0 Å². The maximum Gasteiger partial charge on any atom is 0.230 e. The van der Waals surface area contributed by atoms with E-state index in [4.69, 9.17) is 0 Å². The van der Waals surface area contributed by atoms with E-state index in [-0.39, 0.29) is 5.92 Å². The Morgan fingerprint density at radius 1 is 1.44 bits per heavy atom. The predicted octanol–water partition coefficient (Wildman–Crippen LogP) is 2.29. The highest BCUT2D eigenvalue weighted by molar-refractivity contribution is 9.11. The van der Waals surface area contributed by atoms with E-state index in [0.29, 0.717) is 17.7 Å². The van der Waals surface area contributed by atoms with Crippen molar-refractivity contribution in [3.8, 4) is 0 Å². The molecule has 18 heavy (non-hydrogen) atoms. The van der Waals surface area contributed by atoms with Crippen LogP contribution in [-0.4, -0.2) is 37.0 Å². The second kappa shape index (κ2) is 4.94. The minimum atomic E-state index is -0.00640. The van der Waals surface area contributed by atoms with Crippen molar-refractivity contribution in [2.75, 3.05) is 26.2 Å². The summed E-state index contributed by atoms with van der Waals surface area (Å²) >= 11 is 5.12. The molecular weight excluding hydrogens is 312 g/mol. The Bertz CT molecular complexity index is 450. The summed E-state index contributed by atoms with van der Waals surface area (Å²) in [5.41, 5.74) is 0. The van der Waals surface area contributed by atoms with Gasteiger partial charge >= 0.3 is 0 Å². The lowest BCUT2D eigenvalue weighted by molar-refractivity contribution is -0.131. The lowest BCUT2D eigenvalue weighted by Crippen LogP contribution is -2.34. The third kappa shape index (κ3) is 2.24.